The van der Waals surface area contributed by atoms with E-state index in [-0.39, 0.29) is 12.0 Å². The zero-order chi connectivity index (χ0) is 16.9. The van der Waals surface area contributed by atoms with Crippen LogP contribution in [0.5, 0.6) is 0 Å². The van der Waals surface area contributed by atoms with Gasteiger partial charge in [0.15, 0.2) is 0 Å². The van der Waals surface area contributed by atoms with Crippen LogP contribution in [0.25, 0.3) is 0 Å². The Kier molecular flexibility index (Phi) is 11.0. The molecule has 4 heteroatoms. The molecule has 0 bridgehead atoms. The van der Waals surface area contributed by atoms with Gasteiger partial charge in [0.25, 0.3) is 0 Å². The van der Waals surface area contributed by atoms with Crippen LogP contribution in [0.3, 0.4) is 0 Å². The van der Waals surface area contributed by atoms with Crippen molar-refractivity contribution in [2.75, 3.05) is 6.61 Å². The first-order chi connectivity index (χ1) is 11.2. The molecule has 0 amide bonds. The molecule has 23 heavy (non-hydrogen) atoms. The van der Waals surface area contributed by atoms with E-state index in [1.165, 1.54) is 0 Å². The van der Waals surface area contributed by atoms with Gasteiger partial charge in [0.05, 0.1) is 31.0 Å². The maximum Gasteiger partial charge on any atom is 0.0861 e. The molecule has 4 nitrogen and oxygen atoms in total. The van der Waals surface area contributed by atoms with E-state index in [1.54, 1.807) is 0 Å². The van der Waals surface area contributed by atoms with Crippen molar-refractivity contribution in [1.29, 1.82) is 5.26 Å². The fourth-order valence-electron chi connectivity index (χ4n) is 3.08. The molecular formula is C19H33NO3. The smallest absolute Gasteiger partial charge is 0.0861 e. The molecule has 0 saturated carbocycles. The highest BCUT2D eigenvalue weighted by atomic mass is 16.5. The van der Waals surface area contributed by atoms with E-state index in [4.69, 9.17) is 10.00 Å². The van der Waals surface area contributed by atoms with Gasteiger partial charge < -0.3 is 14.9 Å². The Morgan fingerprint density at radius 1 is 1.22 bits per heavy atom. The number of aliphatic hydroxyl groups excluding tert-OH is 2. The van der Waals surface area contributed by atoms with E-state index >= 15 is 0 Å². The van der Waals surface area contributed by atoms with E-state index in [2.05, 4.69) is 13.0 Å². The second-order valence-corrected chi connectivity index (χ2v) is 6.58. The lowest BCUT2D eigenvalue weighted by molar-refractivity contribution is 0.0807. The van der Waals surface area contributed by atoms with Crippen molar-refractivity contribution in [2.45, 2.75) is 89.4 Å². The monoisotopic (exact) mass is 323 g/mol. The Morgan fingerprint density at radius 3 is 2.74 bits per heavy atom. The SMILES string of the molecule is CCCCCC(O)C=C[C@H]1[C@@H](O)CO[C@@H]1CCCCCCC#N. The van der Waals surface area contributed by atoms with Crippen LogP contribution in [0.4, 0.5) is 0 Å². The molecule has 132 valence electrons. The standard InChI is InChI=1S/C19H33NO3/c1-2-3-7-10-16(21)12-13-17-18(22)15-23-19(17)11-8-5-4-6-9-14-20/h12-13,16-19,21-22H,2-11,15H2,1H3/t16?,17-,18-,19+/m0/s1. The summed E-state index contributed by atoms with van der Waals surface area (Å²) in [4.78, 5) is 0. The topological polar surface area (TPSA) is 73.5 Å². The minimum absolute atomic E-state index is 0.00469. The van der Waals surface area contributed by atoms with E-state index in [1.807, 2.05) is 12.2 Å². The first-order valence-corrected chi connectivity index (χ1v) is 9.22. The van der Waals surface area contributed by atoms with Gasteiger partial charge in [-0.2, -0.15) is 5.26 Å². The lowest BCUT2D eigenvalue weighted by Crippen LogP contribution is -2.22. The highest BCUT2D eigenvalue weighted by Crippen LogP contribution is 2.27. The van der Waals surface area contributed by atoms with Crippen LogP contribution in [-0.2, 0) is 4.74 Å². The number of rotatable bonds is 12. The third-order valence-corrected chi connectivity index (χ3v) is 4.54. The second kappa shape index (κ2) is 12.5. The molecule has 0 aromatic heterocycles. The van der Waals surface area contributed by atoms with Crippen molar-refractivity contribution in [3.05, 3.63) is 12.2 Å². The number of hydrogen-bond acceptors (Lipinski definition) is 4. The summed E-state index contributed by atoms with van der Waals surface area (Å²) in [7, 11) is 0. The average Bonchev–Trinajstić information content (AvgIpc) is 2.89. The Hall–Kier alpha value is -0.890. The summed E-state index contributed by atoms with van der Waals surface area (Å²) in [6, 6.07) is 2.17. The average molecular weight is 323 g/mol. The summed E-state index contributed by atoms with van der Waals surface area (Å²) >= 11 is 0. The van der Waals surface area contributed by atoms with E-state index < -0.39 is 12.2 Å². The maximum atomic E-state index is 10.1. The van der Waals surface area contributed by atoms with Crippen molar-refractivity contribution in [3.8, 4) is 6.07 Å². The zero-order valence-corrected chi connectivity index (χ0v) is 14.5. The molecule has 1 rings (SSSR count). The van der Waals surface area contributed by atoms with Crippen LogP contribution in [0.15, 0.2) is 12.2 Å². The number of ether oxygens (including phenoxy) is 1. The van der Waals surface area contributed by atoms with Gasteiger partial charge in [0.2, 0.25) is 0 Å². The minimum atomic E-state index is -0.460. The van der Waals surface area contributed by atoms with Crippen LogP contribution in [-0.4, -0.2) is 35.1 Å². The molecule has 0 aliphatic carbocycles. The normalized spacial score (nSPS) is 25.7. The Morgan fingerprint density at radius 2 is 2.00 bits per heavy atom. The second-order valence-electron chi connectivity index (χ2n) is 6.58. The maximum absolute atomic E-state index is 10.1. The molecule has 2 N–H and O–H groups in total. The van der Waals surface area contributed by atoms with Crippen LogP contribution >= 0.6 is 0 Å². The van der Waals surface area contributed by atoms with Gasteiger partial charge in [-0.1, -0.05) is 57.6 Å². The summed E-state index contributed by atoms with van der Waals surface area (Å²) in [6.07, 6.45) is 12.9. The van der Waals surface area contributed by atoms with Crippen molar-refractivity contribution in [2.24, 2.45) is 5.92 Å². The number of nitriles is 1. The molecule has 1 unspecified atom stereocenters. The zero-order valence-electron chi connectivity index (χ0n) is 14.5. The Labute approximate surface area is 141 Å². The molecule has 1 saturated heterocycles. The largest absolute Gasteiger partial charge is 0.390 e. The summed E-state index contributed by atoms with van der Waals surface area (Å²) in [5, 5.41) is 28.5. The summed E-state index contributed by atoms with van der Waals surface area (Å²) < 4.78 is 5.70. The summed E-state index contributed by atoms with van der Waals surface area (Å²) in [5.74, 6) is -0.00469. The van der Waals surface area contributed by atoms with Crippen LogP contribution in [0, 0.1) is 17.2 Å². The van der Waals surface area contributed by atoms with Crippen LogP contribution in [0.2, 0.25) is 0 Å². The van der Waals surface area contributed by atoms with Crippen LogP contribution < -0.4 is 0 Å². The Bertz CT molecular complexity index is 364. The molecular weight excluding hydrogens is 290 g/mol. The molecule has 1 heterocycles. The van der Waals surface area contributed by atoms with Gasteiger partial charge in [-0.15, -0.1) is 0 Å². The van der Waals surface area contributed by atoms with Gasteiger partial charge in [-0.05, 0) is 19.3 Å². The molecule has 0 spiro atoms. The molecule has 4 atom stereocenters. The van der Waals surface area contributed by atoms with Gasteiger partial charge in [0.1, 0.15) is 0 Å². The number of nitrogens with zero attached hydrogens (tertiary/aromatic N) is 1. The third-order valence-electron chi connectivity index (χ3n) is 4.54. The molecule has 1 fully saturated rings. The van der Waals surface area contributed by atoms with E-state index in [9.17, 15) is 10.2 Å². The number of aliphatic hydroxyl groups is 2. The Balaban J connectivity index is 2.29. The predicted octanol–water partition coefficient (Wildman–Crippen LogP) is 3.72. The first kappa shape index (κ1) is 20.2. The predicted molar refractivity (Wildman–Crippen MR) is 91.8 cm³/mol. The van der Waals surface area contributed by atoms with Gasteiger partial charge >= 0.3 is 0 Å². The molecule has 1 aliphatic heterocycles. The lowest BCUT2D eigenvalue weighted by Gasteiger charge is -2.17. The summed E-state index contributed by atoms with van der Waals surface area (Å²) in [6.45, 7) is 2.54. The third kappa shape index (κ3) is 8.50. The minimum Gasteiger partial charge on any atom is -0.390 e. The quantitative estimate of drug-likeness (QED) is 0.424. The fourth-order valence-corrected chi connectivity index (χ4v) is 3.08. The van der Waals surface area contributed by atoms with Crippen LogP contribution in [0.1, 0.15) is 71.1 Å². The molecule has 0 radical (unpaired) electrons. The lowest BCUT2D eigenvalue weighted by atomic mass is 9.93. The fraction of sp³-hybridized carbons (Fsp3) is 0.842. The van der Waals surface area contributed by atoms with Crippen molar-refractivity contribution in [1.82, 2.24) is 0 Å². The highest BCUT2D eigenvalue weighted by molar-refractivity contribution is 5.01. The van der Waals surface area contributed by atoms with Crippen molar-refractivity contribution in [3.63, 3.8) is 0 Å². The van der Waals surface area contributed by atoms with Gasteiger partial charge in [-0.3, -0.25) is 0 Å². The number of unbranched alkanes of at least 4 members (excludes halogenated alkanes) is 6. The van der Waals surface area contributed by atoms with Crippen molar-refractivity contribution < 1.29 is 14.9 Å². The van der Waals surface area contributed by atoms with E-state index in [0.717, 1.165) is 57.8 Å². The van der Waals surface area contributed by atoms with Gasteiger partial charge in [-0.25, -0.2) is 0 Å². The molecule has 1 aliphatic rings. The van der Waals surface area contributed by atoms with E-state index in [0.29, 0.717) is 13.0 Å². The molecule has 0 aromatic rings. The first-order valence-electron chi connectivity index (χ1n) is 9.22. The highest BCUT2D eigenvalue weighted by Gasteiger charge is 2.33. The van der Waals surface area contributed by atoms with Crippen molar-refractivity contribution >= 4 is 0 Å². The number of hydrogen-bond donors (Lipinski definition) is 2. The molecule has 0 aromatic carbocycles. The van der Waals surface area contributed by atoms with Gasteiger partial charge in [0, 0.05) is 12.3 Å². The summed E-state index contributed by atoms with van der Waals surface area (Å²) in [5.41, 5.74) is 0.